The van der Waals surface area contributed by atoms with Gasteiger partial charge in [0.05, 0.1) is 23.4 Å². The Morgan fingerprint density at radius 1 is 1.36 bits per heavy atom. The predicted octanol–water partition coefficient (Wildman–Crippen LogP) is 3.95. The fourth-order valence-corrected chi connectivity index (χ4v) is 2.69. The van der Waals surface area contributed by atoms with Gasteiger partial charge in [-0.3, -0.25) is 4.79 Å². The standard InChI is InChI=1S/C16H13ClN2O2S/c1-21-13-3-2-4-14(8-13)22-10-16(20)19-12-6-5-11(9-18)15(17)7-12/h2-8H,10H2,1H3,(H,19,20). The van der Waals surface area contributed by atoms with Crippen molar-refractivity contribution in [3.8, 4) is 11.8 Å². The van der Waals surface area contributed by atoms with Crippen LogP contribution in [0.4, 0.5) is 5.69 Å². The highest BCUT2D eigenvalue weighted by atomic mass is 35.5. The molecule has 6 heteroatoms. The van der Waals surface area contributed by atoms with Crippen LogP contribution < -0.4 is 10.1 Å². The molecule has 0 heterocycles. The zero-order chi connectivity index (χ0) is 15.9. The number of carbonyl (C=O) groups excluding carboxylic acids is 1. The topological polar surface area (TPSA) is 62.1 Å². The molecule has 0 unspecified atom stereocenters. The number of nitrogens with one attached hydrogen (secondary N) is 1. The lowest BCUT2D eigenvalue weighted by atomic mass is 10.2. The van der Waals surface area contributed by atoms with E-state index in [-0.39, 0.29) is 11.7 Å². The van der Waals surface area contributed by atoms with Crippen LogP contribution in [0.3, 0.4) is 0 Å². The van der Waals surface area contributed by atoms with Gasteiger partial charge in [0.2, 0.25) is 5.91 Å². The van der Waals surface area contributed by atoms with Gasteiger partial charge in [-0.25, -0.2) is 0 Å². The molecule has 0 radical (unpaired) electrons. The fraction of sp³-hybridized carbons (Fsp3) is 0.125. The third-order valence-electron chi connectivity index (χ3n) is 2.78. The summed E-state index contributed by atoms with van der Waals surface area (Å²) in [6.45, 7) is 0. The summed E-state index contributed by atoms with van der Waals surface area (Å²) < 4.78 is 5.14. The second kappa shape index (κ2) is 7.74. The zero-order valence-corrected chi connectivity index (χ0v) is 13.4. The number of methoxy groups -OCH3 is 1. The van der Waals surface area contributed by atoms with Crippen LogP contribution in [0.15, 0.2) is 47.4 Å². The number of rotatable bonds is 5. The molecule has 0 bridgehead atoms. The number of hydrogen-bond acceptors (Lipinski definition) is 4. The van der Waals surface area contributed by atoms with Crippen LogP contribution in [-0.4, -0.2) is 18.8 Å². The minimum Gasteiger partial charge on any atom is -0.497 e. The Morgan fingerprint density at radius 2 is 2.18 bits per heavy atom. The number of halogens is 1. The lowest BCUT2D eigenvalue weighted by Crippen LogP contribution is -2.13. The van der Waals surface area contributed by atoms with E-state index in [1.165, 1.54) is 11.8 Å². The molecule has 0 fully saturated rings. The van der Waals surface area contributed by atoms with Crippen molar-refractivity contribution in [3.63, 3.8) is 0 Å². The van der Waals surface area contributed by atoms with Crippen molar-refractivity contribution < 1.29 is 9.53 Å². The quantitative estimate of drug-likeness (QED) is 0.842. The molecule has 2 aromatic carbocycles. The van der Waals surface area contributed by atoms with E-state index in [1.54, 1.807) is 25.3 Å². The predicted molar refractivity (Wildman–Crippen MR) is 88.5 cm³/mol. The van der Waals surface area contributed by atoms with Crippen LogP contribution in [-0.2, 0) is 4.79 Å². The molecule has 2 aromatic rings. The average molecular weight is 333 g/mol. The highest BCUT2D eigenvalue weighted by molar-refractivity contribution is 8.00. The molecule has 2 rings (SSSR count). The van der Waals surface area contributed by atoms with Gasteiger partial charge in [-0.2, -0.15) is 5.26 Å². The lowest BCUT2D eigenvalue weighted by molar-refractivity contribution is -0.113. The van der Waals surface area contributed by atoms with E-state index in [2.05, 4.69) is 5.32 Å². The maximum Gasteiger partial charge on any atom is 0.234 e. The Labute approximate surface area is 138 Å². The number of benzene rings is 2. The molecule has 1 amide bonds. The summed E-state index contributed by atoms with van der Waals surface area (Å²) in [5.74, 6) is 0.878. The van der Waals surface area contributed by atoms with Gasteiger partial charge >= 0.3 is 0 Å². The smallest absolute Gasteiger partial charge is 0.234 e. The van der Waals surface area contributed by atoms with E-state index in [9.17, 15) is 4.79 Å². The first-order valence-electron chi connectivity index (χ1n) is 6.38. The van der Waals surface area contributed by atoms with E-state index in [0.717, 1.165) is 10.6 Å². The molecule has 0 aromatic heterocycles. The van der Waals surface area contributed by atoms with Gasteiger partial charge in [0.1, 0.15) is 11.8 Å². The summed E-state index contributed by atoms with van der Waals surface area (Å²) in [4.78, 5) is 12.9. The Hall–Kier alpha value is -2.16. The second-order valence-corrected chi connectivity index (χ2v) is 5.78. The maximum absolute atomic E-state index is 11.9. The first-order chi connectivity index (χ1) is 10.6. The molecule has 0 saturated carbocycles. The second-order valence-electron chi connectivity index (χ2n) is 4.32. The molecule has 0 spiro atoms. The van der Waals surface area contributed by atoms with E-state index in [1.807, 2.05) is 30.3 Å². The Morgan fingerprint density at radius 3 is 2.86 bits per heavy atom. The number of carbonyl (C=O) groups is 1. The molecule has 4 nitrogen and oxygen atoms in total. The van der Waals surface area contributed by atoms with E-state index < -0.39 is 0 Å². The average Bonchev–Trinajstić information content (AvgIpc) is 2.53. The summed E-state index contributed by atoms with van der Waals surface area (Å²) in [7, 11) is 1.60. The molecule has 0 aliphatic rings. The van der Waals surface area contributed by atoms with Gasteiger partial charge in [-0.1, -0.05) is 17.7 Å². The monoisotopic (exact) mass is 332 g/mol. The number of nitrogens with zero attached hydrogens (tertiary/aromatic N) is 1. The van der Waals surface area contributed by atoms with Crippen molar-refractivity contribution in [2.24, 2.45) is 0 Å². The molecule has 1 N–H and O–H groups in total. The van der Waals surface area contributed by atoms with Gasteiger partial charge in [0.25, 0.3) is 0 Å². The Balaban J connectivity index is 1.93. The van der Waals surface area contributed by atoms with Gasteiger partial charge in [0, 0.05) is 10.6 Å². The van der Waals surface area contributed by atoms with E-state index >= 15 is 0 Å². The Bertz CT molecular complexity index is 728. The summed E-state index contributed by atoms with van der Waals surface area (Å²) in [5.41, 5.74) is 0.950. The van der Waals surface area contributed by atoms with Crippen LogP contribution in [0.1, 0.15) is 5.56 Å². The highest BCUT2D eigenvalue weighted by Gasteiger charge is 2.06. The molecule has 0 aliphatic heterocycles. The van der Waals surface area contributed by atoms with Crippen LogP contribution in [0.2, 0.25) is 5.02 Å². The molecular formula is C16H13ClN2O2S. The maximum atomic E-state index is 11.9. The third kappa shape index (κ3) is 4.42. The van der Waals surface area contributed by atoms with Crippen molar-refractivity contribution in [1.29, 1.82) is 5.26 Å². The fourth-order valence-electron chi connectivity index (χ4n) is 1.72. The van der Waals surface area contributed by atoms with Crippen LogP contribution in [0.5, 0.6) is 5.75 Å². The lowest BCUT2D eigenvalue weighted by Gasteiger charge is -2.07. The van der Waals surface area contributed by atoms with E-state index in [0.29, 0.717) is 16.3 Å². The summed E-state index contributed by atoms with van der Waals surface area (Å²) in [6, 6.07) is 14.3. The van der Waals surface area contributed by atoms with Gasteiger partial charge < -0.3 is 10.1 Å². The molecule has 0 aliphatic carbocycles. The van der Waals surface area contributed by atoms with Crippen molar-refractivity contribution in [2.45, 2.75) is 4.90 Å². The van der Waals surface area contributed by atoms with Crippen LogP contribution in [0.25, 0.3) is 0 Å². The minimum absolute atomic E-state index is 0.145. The number of ether oxygens (including phenoxy) is 1. The minimum atomic E-state index is -0.145. The van der Waals surface area contributed by atoms with Crippen LogP contribution >= 0.6 is 23.4 Å². The first-order valence-corrected chi connectivity index (χ1v) is 7.75. The number of hydrogen-bond donors (Lipinski definition) is 1. The number of thioether (sulfide) groups is 1. The number of anilines is 1. The SMILES string of the molecule is COc1cccc(SCC(=O)Nc2ccc(C#N)c(Cl)c2)c1. The Kier molecular flexibility index (Phi) is 5.70. The highest BCUT2D eigenvalue weighted by Crippen LogP contribution is 2.24. The van der Waals surface area contributed by atoms with Gasteiger partial charge in [-0.05, 0) is 36.4 Å². The largest absolute Gasteiger partial charge is 0.497 e. The third-order valence-corrected chi connectivity index (χ3v) is 4.09. The number of amides is 1. The van der Waals surface area contributed by atoms with E-state index in [4.69, 9.17) is 21.6 Å². The number of nitriles is 1. The zero-order valence-electron chi connectivity index (χ0n) is 11.8. The molecule has 0 atom stereocenters. The van der Waals surface area contributed by atoms with Crippen molar-refractivity contribution in [1.82, 2.24) is 0 Å². The molecular weight excluding hydrogens is 320 g/mol. The van der Waals surface area contributed by atoms with Crippen molar-refractivity contribution >= 4 is 35.0 Å². The summed E-state index contributed by atoms with van der Waals surface area (Å²) >= 11 is 7.34. The van der Waals surface area contributed by atoms with Crippen molar-refractivity contribution in [2.75, 3.05) is 18.2 Å². The molecule has 0 saturated heterocycles. The van der Waals surface area contributed by atoms with Gasteiger partial charge in [-0.15, -0.1) is 11.8 Å². The molecule has 112 valence electrons. The van der Waals surface area contributed by atoms with Crippen LogP contribution in [0, 0.1) is 11.3 Å². The normalized spacial score (nSPS) is 9.86. The summed E-state index contributed by atoms with van der Waals surface area (Å²) in [6.07, 6.45) is 0. The molecule has 22 heavy (non-hydrogen) atoms. The van der Waals surface area contributed by atoms with Crippen molar-refractivity contribution in [3.05, 3.63) is 53.1 Å². The summed E-state index contributed by atoms with van der Waals surface area (Å²) in [5, 5.41) is 11.9. The first kappa shape index (κ1) is 16.2. The van der Waals surface area contributed by atoms with Gasteiger partial charge in [0.15, 0.2) is 0 Å².